The fourth-order valence-electron chi connectivity index (χ4n) is 2.92. The van der Waals surface area contributed by atoms with Crippen LogP contribution in [0.5, 0.6) is 0 Å². The molecule has 0 bridgehead atoms. The summed E-state index contributed by atoms with van der Waals surface area (Å²) < 4.78 is 5.27. The molecule has 23 heavy (non-hydrogen) atoms. The smallest absolute Gasteiger partial charge is 0.407 e. The second kappa shape index (κ2) is 9.48. The van der Waals surface area contributed by atoms with Gasteiger partial charge in [-0.1, -0.05) is 13.8 Å². The monoisotopic (exact) mass is 327 g/mol. The van der Waals surface area contributed by atoms with Gasteiger partial charge in [-0.15, -0.1) is 0 Å². The van der Waals surface area contributed by atoms with Crippen LogP contribution in [0.4, 0.5) is 4.79 Å². The van der Waals surface area contributed by atoms with Crippen LogP contribution >= 0.6 is 0 Å². The largest absolute Gasteiger partial charge is 0.444 e. The number of hydrogen-bond donors (Lipinski definition) is 2. The Morgan fingerprint density at radius 2 is 1.83 bits per heavy atom. The third-order valence-corrected chi connectivity index (χ3v) is 3.98. The Morgan fingerprint density at radius 1 is 1.22 bits per heavy atom. The summed E-state index contributed by atoms with van der Waals surface area (Å²) in [6, 6.07) is 0.741. The molecular formula is C18H37N3O2. The van der Waals surface area contributed by atoms with Crippen molar-refractivity contribution in [3.05, 3.63) is 0 Å². The summed E-state index contributed by atoms with van der Waals surface area (Å²) in [4.78, 5) is 14.3. The van der Waals surface area contributed by atoms with Crippen LogP contribution in [0, 0.1) is 5.92 Å². The number of carbonyl (C=O) groups is 1. The van der Waals surface area contributed by atoms with Crippen molar-refractivity contribution in [2.75, 3.05) is 26.2 Å². The van der Waals surface area contributed by atoms with Crippen molar-refractivity contribution in [1.82, 2.24) is 15.5 Å². The third-order valence-electron chi connectivity index (χ3n) is 3.98. The van der Waals surface area contributed by atoms with Crippen LogP contribution in [-0.4, -0.2) is 54.9 Å². The van der Waals surface area contributed by atoms with Crippen LogP contribution < -0.4 is 10.6 Å². The van der Waals surface area contributed by atoms with Crippen molar-refractivity contribution in [2.45, 2.75) is 78.5 Å². The van der Waals surface area contributed by atoms with Gasteiger partial charge in [-0.25, -0.2) is 4.79 Å². The predicted molar refractivity (Wildman–Crippen MR) is 95.8 cm³/mol. The second-order valence-corrected chi connectivity index (χ2v) is 8.26. The molecule has 1 amide bonds. The van der Waals surface area contributed by atoms with Crippen molar-refractivity contribution >= 4 is 6.09 Å². The molecule has 1 saturated heterocycles. The van der Waals surface area contributed by atoms with E-state index in [1.54, 1.807) is 0 Å². The maximum Gasteiger partial charge on any atom is 0.407 e. The van der Waals surface area contributed by atoms with E-state index in [0.29, 0.717) is 6.04 Å². The zero-order valence-electron chi connectivity index (χ0n) is 15.9. The molecule has 5 nitrogen and oxygen atoms in total. The van der Waals surface area contributed by atoms with E-state index in [2.05, 4.69) is 29.4 Å². The van der Waals surface area contributed by atoms with Gasteiger partial charge in [-0.05, 0) is 72.5 Å². The summed E-state index contributed by atoms with van der Waals surface area (Å²) in [6.45, 7) is 16.8. The van der Waals surface area contributed by atoms with Gasteiger partial charge in [0.05, 0.1) is 0 Å². The highest BCUT2D eigenvalue weighted by Crippen LogP contribution is 2.12. The molecule has 1 heterocycles. The number of piperidine rings is 1. The Bertz CT molecular complexity index is 345. The lowest BCUT2D eigenvalue weighted by molar-refractivity contribution is 0.0506. The molecule has 0 aromatic rings. The molecule has 5 heteroatoms. The molecule has 1 rings (SSSR count). The van der Waals surface area contributed by atoms with Crippen LogP contribution in [0.2, 0.25) is 0 Å². The highest BCUT2D eigenvalue weighted by Gasteiger charge is 2.20. The van der Waals surface area contributed by atoms with E-state index in [1.807, 2.05) is 27.7 Å². The first-order valence-corrected chi connectivity index (χ1v) is 9.11. The number of ether oxygens (including phenoxy) is 1. The van der Waals surface area contributed by atoms with Gasteiger partial charge in [0.1, 0.15) is 5.60 Å². The van der Waals surface area contributed by atoms with Gasteiger partial charge < -0.3 is 20.3 Å². The van der Waals surface area contributed by atoms with Crippen molar-refractivity contribution < 1.29 is 9.53 Å². The average Bonchev–Trinajstić information content (AvgIpc) is 2.37. The molecular weight excluding hydrogens is 290 g/mol. The van der Waals surface area contributed by atoms with Gasteiger partial charge in [0.25, 0.3) is 0 Å². The van der Waals surface area contributed by atoms with Crippen LogP contribution in [-0.2, 0) is 4.74 Å². The van der Waals surface area contributed by atoms with Gasteiger partial charge in [0.15, 0.2) is 0 Å². The molecule has 0 spiro atoms. The maximum atomic E-state index is 11.7. The standard InChI is InChI=1S/C18H37N3O2/c1-14(2)13-21-11-8-16(9-12-21)19-10-7-15(3)20-17(22)23-18(4,5)6/h14-16,19H,7-13H2,1-6H3,(H,20,22). The number of nitrogens with zero attached hydrogens (tertiary/aromatic N) is 1. The summed E-state index contributed by atoms with van der Waals surface area (Å²) in [7, 11) is 0. The Balaban J connectivity index is 2.12. The molecule has 0 aliphatic carbocycles. The molecule has 1 aliphatic heterocycles. The Hall–Kier alpha value is -0.810. The van der Waals surface area contributed by atoms with Crippen molar-refractivity contribution in [1.29, 1.82) is 0 Å². The summed E-state index contributed by atoms with van der Waals surface area (Å²) in [6.07, 6.45) is 3.04. The lowest BCUT2D eigenvalue weighted by atomic mass is 10.0. The van der Waals surface area contributed by atoms with Crippen LogP contribution in [0.3, 0.4) is 0 Å². The van der Waals surface area contributed by atoms with Gasteiger partial charge in [0.2, 0.25) is 0 Å². The minimum atomic E-state index is -0.438. The highest BCUT2D eigenvalue weighted by molar-refractivity contribution is 5.67. The van der Waals surface area contributed by atoms with Crippen molar-refractivity contribution in [2.24, 2.45) is 5.92 Å². The van der Waals surface area contributed by atoms with E-state index in [9.17, 15) is 4.79 Å². The number of nitrogens with one attached hydrogen (secondary N) is 2. The molecule has 136 valence electrons. The number of alkyl carbamates (subject to hydrolysis) is 1. The molecule has 1 unspecified atom stereocenters. The second-order valence-electron chi connectivity index (χ2n) is 8.26. The van der Waals surface area contributed by atoms with Crippen LogP contribution in [0.1, 0.15) is 60.8 Å². The fourth-order valence-corrected chi connectivity index (χ4v) is 2.92. The Kier molecular flexibility index (Phi) is 8.34. The summed E-state index contributed by atoms with van der Waals surface area (Å²) in [5, 5.41) is 6.52. The molecule has 1 aliphatic rings. The van der Waals surface area contributed by atoms with Crippen molar-refractivity contribution in [3.8, 4) is 0 Å². The van der Waals surface area contributed by atoms with Gasteiger partial charge in [-0.3, -0.25) is 0 Å². The molecule has 0 saturated carbocycles. The highest BCUT2D eigenvalue weighted by atomic mass is 16.6. The quantitative estimate of drug-likeness (QED) is 0.755. The normalized spacial score (nSPS) is 18.9. The van der Waals surface area contributed by atoms with E-state index in [-0.39, 0.29) is 12.1 Å². The number of likely N-dealkylation sites (tertiary alicyclic amines) is 1. The average molecular weight is 328 g/mol. The van der Waals surface area contributed by atoms with Gasteiger partial charge in [-0.2, -0.15) is 0 Å². The lowest BCUT2D eigenvalue weighted by Crippen LogP contribution is -2.45. The molecule has 0 radical (unpaired) electrons. The van der Waals surface area contributed by atoms with Crippen LogP contribution in [0.15, 0.2) is 0 Å². The van der Waals surface area contributed by atoms with Crippen LogP contribution in [0.25, 0.3) is 0 Å². The number of hydrogen-bond acceptors (Lipinski definition) is 4. The Morgan fingerprint density at radius 3 is 2.35 bits per heavy atom. The Labute approximate surface area is 142 Å². The SMILES string of the molecule is CC(C)CN1CCC(NCCC(C)NC(=O)OC(C)(C)C)CC1. The number of carbonyl (C=O) groups excluding carboxylic acids is 1. The van der Waals surface area contributed by atoms with E-state index in [1.165, 1.54) is 32.5 Å². The van der Waals surface area contributed by atoms with Gasteiger partial charge in [0, 0.05) is 18.6 Å². The van der Waals surface area contributed by atoms with Crippen molar-refractivity contribution in [3.63, 3.8) is 0 Å². The van der Waals surface area contributed by atoms with Gasteiger partial charge >= 0.3 is 6.09 Å². The number of rotatable bonds is 7. The van der Waals surface area contributed by atoms with E-state index in [4.69, 9.17) is 4.74 Å². The number of amides is 1. The first kappa shape index (κ1) is 20.2. The fraction of sp³-hybridized carbons (Fsp3) is 0.944. The minimum Gasteiger partial charge on any atom is -0.444 e. The van der Waals surface area contributed by atoms with E-state index >= 15 is 0 Å². The molecule has 2 N–H and O–H groups in total. The maximum absolute atomic E-state index is 11.7. The predicted octanol–water partition coefficient (Wildman–Crippen LogP) is 3.00. The zero-order valence-corrected chi connectivity index (χ0v) is 15.9. The summed E-state index contributed by atoms with van der Waals surface area (Å²) >= 11 is 0. The molecule has 0 aromatic heterocycles. The van der Waals surface area contributed by atoms with E-state index in [0.717, 1.165) is 18.9 Å². The first-order chi connectivity index (χ1) is 10.7. The lowest BCUT2D eigenvalue weighted by Gasteiger charge is -2.33. The first-order valence-electron chi connectivity index (χ1n) is 9.11. The zero-order chi connectivity index (χ0) is 17.5. The molecule has 1 fully saturated rings. The minimum absolute atomic E-state index is 0.124. The summed E-state index contributed by atoms with van der Waals surface area (Å²) in [5.74, 6) is 0.749. The third kappa shape index (κ3) is 9.82. The topological polar surface area (TPSA) is 53.6 Å². The molecule has 0 aromatic carbocycles. The summed E-state index contributed by atoms with van der Waals surface area (Å²) in [5.41, 5.74) is -0.438. The van der Waals surface area contributed by atoms with E-state index < -0.39 is 5.60 Å². The molecule has 1 atom stereocenters.